The summed E-state index contributed by atoms with van der Waals surface area (Å²) in [4.78, 5) is 39.4. The summed E-state index contributed by atoms with van der Waals surface area (Å²) in [6.07, 6.45) is 3.35. The van der Waals surface area contributed by atoms with Crippen LogP contribution in [-0.2, 0) is 20.7 Å². The van der Waals surface area contributed by atoms with Crippen molar-refractivity contribution in [2.45, 2.75) is 45.1 Å². The lowest BCUT2D eigenvalue weighted by Crippen LogP contribution is -2.57. The van der Waals surface area contributed by atoms with Crippen molar-refractivity contribution in [1.29, 1.82) is 0 Å². The molecule has 1 aliphatic heterocycles. The Morgan fingerprint density at radius 2 is 1.79 bits per heavy atom. The van der Waals surface area contributed by atoms with Crippen molar-refractivity contribution in [2.75, 3.05) is 26.3 Å². The van der Waals surface area contributed by atoms with E-state index in [1.807, 2.05) is 30.3 Å². The number of esters is 1. The molecule has 176 valence electrons. The van der Waals surface area contributed by atoms with Crippen LogP contribution < -0.4 is 10.1 Å². The van der Waals surface area contributed by atoms with Gasteiger partial charge >= 0.3 is 5.97 Å². The predicted molar refractivity (Wildman–Crippen MR) is 125 cm³/mol. The third kappa shape index (κ3) is 7.34. The molecule has 0 spiro atoms. The van der Waals surface area contributed by atoms with Crippen LogP contribution in [0, 0.1) is 0 Å². The fraction of sp³-hybridized carbons (Fsp3) is 0.423. The average Bonchev–Trinajstić information content (AvgIpc) is 2.84. The summed E-state index contributed by atoms with van der Waals surface area (Å²) in [6.45, 7) is 3.69. The van der Waals surface area contributed by atoms with Crippen LogP contribution in [0.25, 0.3) is 0 Å². The van der Waals surface area contributed by atoms with E-state index < -0.39 is 12.0 Å². The van der Waals surface area contributed by atoms with E-state index in [0.29, 0.717) is 37.4 Å². The van der Waals surface area contributed by atoms with Gasteiger partial charge in [-0.2, -0.15) is 0 Å². The van der Waals surface area contributed by atoms with Gasteiger partial charge in [-0.1, -0.05) is 43.7 Å². The van der Waals surface area contributed by atoms with Gasteiger partial charge in [-0.25, -0.2) is 0 Å². The van der Waals surface area contributed by atoms with E-state index >= 15 is 0 Å². The first-order chi connectivity index (χ1) is 16.1. The highest BCUT2D eigenvalue weighted by Gasteiger charge is 2.35. The molecule has 2 amide bonds. The van der Waals surface area contributed by atoms with E-state index in [2.05, 4.69) is 12.2 Å². The van der Waals surface area contributed by atoms with Crippen molar-refractivity contribution < 1.29 is 23.9 Å². The predicted octanol–water partition coefficient (Wildman–Crippen LogP) is 3.37. The van der Waals surface area contributed by atoms with Crippen LogP contribution >= 0.6 is 0 Å². The number of amides is 2. The molecule has 0 radical (unpaired) electrons. The summed E-state index contributed by atoms with van der Waals surface area (Å²) in [5.74, 6) is -0.406. The van der Waals surface area contributed by atoms with Gasteiger partial charge in [-0.05, 0) is 49.1 Å². The van der Waals surface area contributed by atoms with E-state index in [1.165, 1.54) is 10.5 Å². The van der Waals surface area contributed by atoms with Crippen LogP contribution in [0.3, 0.4) is 0 Å². The Bertz CT molecular complexity index is 914. The molecular formula is C26H32N2O5. The number of nitrogens with one attached hydrogen (secondary N) is 1. The highest BCUT2D eigenvalue weighted by molar-refractivity contribution is 5.99. The molecule has 0 aromatic heterocycles. The second-order valence-corrected chi connectivity index (χ2v) is 8.05. The number of ether oxygens (including phenoxy) is 2. The lowest BCUT2D eigenvalue weighted by atomic mass is 10.1. The molecule has 33 heavy (non-hydrogen) atoms. The number of piperazine rings is 1. The molecule has 3 rings (SSSR count). The molecule has 1 unspecified atom stereocenters. The highest BCUT2D eigenvalue weighted by atomic mass is 16.5. The zero-order valence-electron chi connectivity index (χ0n) is 19.1. The number of unbranched alkanes of at least 4 members (excludes halogenated alkanes) is 1. The second kappa shape index (κ2) is 12.6. The molecule has 0 aliphatic carbocycles. The Kier molecular flexibility index (Phi) is 9.30. The summed E-state index contributed by atoms with van der Waals surface area (Å²) in [7, 11) is 0. The summed E-state index contributed by atoms with van der Waals surface area (Å²) in [5, 5.41) is 2.74. The van der Waals surface area contributed by atoms with Gasteiger partial charge in [0.25, 0.3) is 5.91 Å². The maximum atomic E-state index is 13.1. The zero-order valence-corrected chi connectivity index (χ0v) is 19.1. The van der Waals surface area contributed by atoms with E-state index in [4.69, 9.17) is 9.47 Å². The lowest BCUT2D eigenvalue weighted by molar-refractivity contribution is -0.147. The monoisotopic (exact) mass is 452 g/mol. The molecule has 1 aliphatic rings. The Morgan fingerprint density at radius 3 is 2.52 bits per heavy atom. The number of rotatable bonds is 11. The van der Waals surface area contributed by atoms with Crippen LogP contribution in [-0.4, -0.2) is 55.0 Å². The number of hydrogen-bond acceptors (Lipinski definition) is 5. The SMILES string of the molecule is CCCCOc1ccc(C(=O)N2CCNC(=O)C2CC(=O)OCCCc2ccccc2)cc1. The van der Waals surface area contributed by atoms with Crippen LogP contribution in [0.5, 0.6) is 5.75 Å². The standard InChI is InChI=1S/C26H32N2O5/c1-2-3-17-32-22-13-11-21(12-14-22)26(31)28-16-15-27-25(30)23(28)19-24(29)33-18-7-10-20-8-5-4-6-9-20/h4-6,8-9,11-14,23H,2-3,7,10,15-19H2,1H3,(H,27,30). The number of aryl methyl sites for hydroxylation is 1. The van der Waals surface area contributed by atoms with Gasteiger partial charge in [-0.15, -0.1) is 0 Å². The van der Waals surface area contributed by atoms with E-state index in [1.54, 1.807) is 24.3 Å². The molecular weight excluding hydrogens is 420 g/mol. The number of hydrogen-bond donors (Lipinski definition) is 1. The molecule has 1 N–H and O–H groups in total. The van der Waals surface area contributed by atoms with E-state index in [9.17, 15) is 14.4 Å². The molecule has 1 heterocycles. The third-order valence-corrected chi connectivity index (χ3v) is 5.54. The van der Waals surface area contributed by atoms with Gasteiger partial charge in [0, 0.05) is 18.7 Å². The fourth-order valence-electron chi connectivity index (χ4n) is 3.68. The van der Waals surface area contributed by atoms with Crippen LogP contribution in [0.15, 0.2) is 54.6 Å². The normalized spacial score (nSPS) is 15.6. The molecule has 2 aromatic rings. The fourth-order valence-corrected chi connectivity index (χ4v) is 3.68. The third-order valence-electron chi connectivity index (χ3n) is 5.54. The molecule has 1 atom stereocenters. The van der Waals surface area contributed by atoms with E-state index in [-0.39, 0.29) is 24.8 Å². The van der Waals surface area contributed by atoms with E-state index in [0.717, 1.165) is 19.3 Å². The maximum Gasteiger partial charge on any atom is 0.308 e. The van der Waals surface area contributed by atoms with Gasteiger partial charge in [0.1, 0.15) is 11.8 Å². The minimum atomic E-state index is -0.881. The molecule has 0 bridgehead atoms. The Morgan fingerprint density at radius 1 is 1.03 bits per heavy atom. The van der Waals surface area contributed by atoms with Crippen LogP contribution in [0.4, 0.5) is 0 Å². The number of carbonyl (C=O) groups excluding carboxylic acids is 3. The second-order valence-electron chi connectivity index (χ2n) is 8.05. The minimum absolute atomic E-state index is 0.166. The minimum Gasteiger partial charge on any atom is -0.494 e. The number of benzene rings is 2. The first-order valence-electron chi connectivity index (χ1n) is 11.6. The van der Waals surface area contributed by atoms with Crippen molar-refractivity contribution in [1.82, 2.24) is 10.2 Å². The van der Waals surface area contributed by atoms with Crippen molar-refractivity contribution in [2.24, 2.45) is 0 Å². The van der Waals surface area contributed by atoms with Gasteiger partial charge in [0.05, 0.1) is 19.6 Å². The molecule has 2 aromatic carbocycles. The molecule has 1 saturated heterocycles. The zero-order chi connectivity index (χ0) is 23.5. The van der Waals surface area contributed by atoms with Gasteiger partial charge in [-0.3, -0.25) is 14.4 Å². The van der Waals surface area contributed by atoms with Crippen molar-refractivity contribution in [3.05, 3.63) is 65.7 Å². The highest BCUT2D eigenvalue weighted by Crippen LogP contribution is 2.18. The molecule has 0 saturated carbocycles. The molecule has 1 fully saturated rings. The summed E-state index contributed by atoms with van der Waals surface area (Å²) in [6, 6.07) is 16.0. The van der Waals surface area contributed by atoms with Crippen LogP contribution in [0.2, 0.25) is 0 Å². The Labute approximate surface area is 195 Å². The van der Waals surface area contributed by atoms with Crippen molar-refractivity contribution in [3.63, 3.8) is 0 Å². The number of nitrogens with zero attached hydrogens (tertiary/aromatic N) is 1. The summed E-state index contributed by atoms with van der Waals surface area (Å²) >= 11 is 0. The first-order valence-corrected chi connectivity index (χ1v) is 11.6. The summed E-state index contributed by atoms with van der Waals surface area (Å²) < 4.78 is 11.0. The molecule has 7 heteroatoms. The van der Waals surface area contributed by atoms with Gasteiger partial charge in [0.15, 0.2) is 0 Å². The number of carbonyl (C=O) groups is 3. The lowest BCUT2D eigenvalue weighted by Gasteiger charge is -2.34. The quantitative estimate of drug-likeness (QED) is 0.417. The largest absolute Gasteiger partial charge is 0.494 e. The van der Waals surface area contributed by atoms with Crippen LogP contribution in [0.1, 0.15) is 48.5 Å². The Balaban J connectivity index is 1.53. The smallest absolute Gasteiger partial charge is 0.308 e. The first kappa shape index (κ1) is 24.3. The average molecular weight is 453 g/mol. The Hall–Kier alpha value is -3.35. The van der Waals surface area contributed by atoms with Gasteiger partial charge in [0.2, 0.25) is 5.91 Å². The topological polar surface area (TPSA) is 84.9 Å². The maximum absolute atomic E-state index is 13.1. The molecule has 7 nitrogen and oxygen atoms in total. The van der Waals surface area contributed by atoms with Gasteiger partial charge < -0.3 is 19.7 Å². The summed E-state index contributed by atoms with van der Waals surface area (Å²) in [5.41, 5.74) is 1.63. The van der Waals surface area contributed by atoms with Crippen molar-refractivity contribution in [3.8, 4) is 5.75 Å². The van der Waals surface area contributed by atoms with Crippen molar-refractivity contribution >= 4 is 17.8 Å².